The Morgan fingerprint density at radius 3 is 1.95 bits per heavy atom. The van der Waals surface area contributed by atoms with Crippen molar-refractivity contribution in [3.63, 3.8) is 0 Å². The molecule has 6 aromatic carbocycles. The van der Waals surface area contributed by atoms with Crippen LogP contribution in [0.2, 0.25) is 0 Å². The van der Waals surface area contributed by atoms with E-state index in [0.29, 0.717) is 0 Å². The summed E-state index contributed by atoms with van der Waals surface area (Å²) in [6.07, 6.45) is 0. The van der Waals surface area contributed by atoms with Gasteiger partial charge in [0, 0.05) is 16.2 Å². The van der Waals surface area contributed by atoms with E-state index < -0.39 is 0 Å². The summed E-state index contributed by atoms with van der Waals surface area (Å²) in [6.45, 7) is 2.17. The molecule has 4 heterocycles. The van der Waals surface area contributed by atoms with Gasteiger partial charge in [0.15, 0.2) is 5.58 Å². The first-order valence-corrected chi connectivity index (χ1v) is 14.6. The van der Waals surface area contributed by atoms with E-state index in [9.17, 15) is 0 Å². The molecule has 0 aliphatic heterocycles. The molecule has 0 aliphatic rings. The van der Waals surface area contributed by atoms with Crippen molar-refractivity contribution in [2.45, 2.75) is 6.92 Å². The predicted molar refractivity (Wildman–Crippen MR) is 176 cm³/mol. The fourth-order valence-corrected chi connectivity index (χ4v) is 7.16. The molecule has 0 bridgehead atoms. The number of benzene rings is 6. The molecule has 4 aromatic heterocycles. The highest BCUT2D eigenvalue weighted by molar-refractivity contribution is 6.15. The third-order valence-corrected chi connectivity index (χ3v) is 8.87. The van der Waals surface area contributed by atoms with E-state index in [1.165, 1.54) is 27.4 Å². The number of hydrogen-bond donors (Lipinski definition) is 0. The number of hydrogen-bond acceptors (Lipinski definition) is 2. The lowest BCUT2D eigenvalue weighted by molar-refractivity contribution is 0.666. The SMILES string of the molecule is Cc1cc(-n2c3ccccc3c3ccccc32)c2oc3cccc(-n4c5ccccc5n5c6ccccc6nc45)c3c2c1. The van der Waals surface area contributed by atoms with Gasteiger partial charge in [-0.2, -0.15) is 0 Å². The predicted octanol–water partition coefficient (Wildman–Crippen LogP) is 9.74. The highest BCUT2D eigenvalue weighted by Crippen LogP contribution is 2.41. The smallest absolute Gasteiger partial charge is 0.220 e. The Kier molecular flexibility index (Phi) is 4.32. The Balaban J connectivity index is 1.36. The van der Waals surface area contributed by atoms with Gasteiger partial charge >= 0.3 is 0 Å². The van der Waals surface area contributed by atoms with Gasteiger partial charge in [-0.05, 0) is 73.2 Å². The molecule has 10 rings (SSSR count). The van der Waals surface area contributed by atoms with Crippen LogP contribution >= 0.6 is 0 Å². The number of aryl methyl sites for hydroxylation is 1. The van der Waals surface area contributed by atoms with E-state index in [4.69, 9.17) is 9.40 Å². The lowest BCUT2D eigenvalue weighted by Crippen LogP contribution is -1.97. The van der Waals surface area contributed by atoms with Gasteiger partial charge in [-0.3, -0.25) is 8.97 Å². The van der Waals surface area contributed by atoms with Gasteiger partial charge in [-0.25, -0.2) is 4.98 Å². The van der Waals surface area contributed by atoms with E-state index in [2.05, 4.69) is 142 Å². The third-order valence-electron chi connectivity index (χ3n) is 8.87. The van der Waals surface area contributed by atoms with Gasteiger partial charge in [0.05, 0.1) is 49.9 Å². The minimum atomic E-state index is 0.854. The van der Waals surface area contributed by atoms with Gasteiger partial charge < -0.3 is 8.98 Å². The number of fused-ring (bicyclic) bond motifs is 11. The summed E-state index contributed by atoms with van der Waals surface area (Å²) in [4.78, 5) is 5.14. The topological polar surface area (TPSA) is 40.3 Å². The number of rotatable bonds is 2. The molecule has 43 heavy (non-hydrogen) atoms. The van der Waals surface area contributed by atoms with Crippen LogP contribution < -0.4 is 0 Å². The molecule has 0 spiro atoms. The van der Waals surface area contributed by atoms with Crippen molar-refractivity contribution >= 4 is 71.6 Å². The maximum Gasteiger partial charge on any atom is 0.220 e. The summed E-state index contributed by atoms with van der Waals surface area (Å²) >= 11 is 0. The molecule has 0 radical (unpaired) electrons. The summed E-state index contributed by atoms with van der Waals surface area (Å²) in [6, 6.07) is 45.0. The Bertz CT molecular complexity index is 2700. The Morgan fingerprint density at radius 2 is 1.19 bits per heavy atom. The Hall–Kier alpha value is -5.81. The quantitative estimate of drug-likeness (QED) is 0.214. The van der Waals surface area contributed by atoms with Crippen LogP contribution in [0, 0.1) is 6.92 Å². The Labute approximate surface area is 245 Å². The van der Waals surface area contributed by atoms with Crippen LogP contribution in [0.1, 0.15) is 5.56 Å². The Morgan fingerprint density at radius 1 is 0.535 bits per heavy atom. The standard InChI is InChI=1S/C38H24N4O/c1-23-21-26-36-33(42-32-18-9-8-17-31(32)41-30-16-7-4-13-27(30)39-38(41)42)19-10-20-35(36)43-37(26)34(22-23)40-28-14-5-2-11-24(28)25-12-3-6-15-29(25)40/h2-22H,1H3. The second-order valence-electron chi connectivity index (χ2n) is 11.3. The second kappa shape index (κ2) is 8.14. The molecule has 0 unspecified atom stereocenters. The first-order valence-electron chi connectivity index (χ1n) is 14.6. The molecule has 5 heteroatoms. The summed E-state index contributed by atoms with van der Waals surface area (Å²) in [5, 5.41) is 4.64. The van der Waals surface area contributed by atoms with Crippen molar-refractivity contribution in [1.29, 1.82) is 0 Å². The van der Waals surface area contributed by atoms with Crippen LogP contribution in [0.15, 0.2) is 132 Å². The maximum absolute atomic E-state index is 6.82. The zero-order chi connectivity index (χ0) is 28.2. The summed E-state index contributed by atoms with van der Waals surface area (Å²) in [7, 11) is 0. The minimum absolute atomic E-state index is 0.854. The zero-order valence-corrected chi connectivity index (χ0v) is 23.3. The van der Waals surface area contributed by atoms with Crippen molar-refractivity contribution in [3.8, 4) is 11.4 Å². The molecule has 10 aromatic rings. The summed E-state index contributed by atoms with van der Waals surface area (Å²) < 4.78 is 13.7. The van der Waals surface area contributed by atoms with E-state index in [1.807, 2.05) is 6.07 Å². The van der Waals surface area contributed by atoms with Gasteiger partial charge in [-0.15, -0.1) is 0 Å². The largest absolute Gasteiger partial charge is 0.454 e. The van der Waals surface area contributed by atoms with Gasteiger partial charge in [-0.1, -0.05) is 66.7 Å². The molecular formula is C38H24N4O. The fraction of sp³-hybridized carbons (Fsp3) is 0.0263. The average Bonchev–Trinajstić information content (AvgIpc) is 3.78. The molecule has 0 saturated carbocycles. The van der Waals surface area contributed by atoms with Gasteiger partial charge in [0.25, 0.3) is 0 Å². The van der Waals surface area contributed by atoms with Gasteiger partial charge in [0.2, 0.25) is 5.78 Å². The normalized spacial score (nSPS) is 12.3. The summed E-state index contributed by atoms with van der Waals surface area (Å²) in [5.41, 5.74) is 11.6. The first kappa shape index (κ1) is 22.8. The van der Waals surface area contributed by atoms with E-state index >= 15 is 0 Å². The van der Waals surface area contributed by atoms with Crippen molar-refractivity contribution < 1.29 is 4.42 Å². The molecule has 0 amide bonds. The highest BCUT2D eigenvalue weighted by Gasteiger charge is 2.23. The van der Waals surface area contributed by atoms with E-state index in [-0.39, 0.29) is 0 Å². The molecule has 202 valence electrons. The number of nitrogens with zero attached hydrogens (tertiary/aromatic N) is 4. The number of furan rings is 1. The van der Waals surface area contributed by atoms with Crippen molar-refractivity contribution in [2.75, 3.05) is 0 Å². The van der Waals surface area contributed by atoms with Crippen molar-refractivity contribution in [2.24, 2.45) is 0 Å². The van der Waals surface area contributed by atoms with Crippen LogP contribution in [-0.2, 0) is 0 Å². The molecule has 0 atom stereocenters. The maximum atomic E-state index is 6.82. The van der Waals surface area contributed by atoms with E-state index in [0.717, 1.165) is 61.2 Å². The van der Waals surface area contributed by atoms with Crippen molar-refractivity contribution in [1.82, 2.24) is 18.5 Å². The fourth-order valence-electron chi connectivity index (χ4n) is 7.16. The second-order valence-corrected chi connectivity index (χ2v) is 11.3. The highest BCUT2D eigenvalue weighted by atomic mass is 16.3. The zero-order valence-electron chi connectivity index (χ0n) is 23.3. The van der Waals surface area contributed by atoms with Crippen molar-refractivity contribution in [3.05, 3.63) is 133 Å². The average molecular weight is 553 g/mol. The molecule has 0 saturated heterocycles. The number of aromatic nitrogens is 4. The van der Waals surface area contributed by atoms with Crippen LogP contribution in [0.5, 0.6) is 0 Å². The molecule has 0 fully saturated rings. The monoisotopic (exact) mass is 552 g/mol. The molecule has 0 aliphatic carbocycles. The number of imidazole rings is 2. The third kappa shape index (κ3) is 2.93. The molecule has 0 N–H and O–H groups in total. The van der Waals surface area contributed by atoms with Crippen LogP contribution in [0.4, 0.5) is 0 Å². The van der Waals surface area contributed by atoms with Gasteiger partial charge in [0.1, 0.15) is 5.58 Å². The lowest BCUT2D eigenvalue weighted by Gasteiger charge is -2.10. The lowest BCUT2D eigenvalue weighted by atomic mass is 10.1. The first-order chi connectivity index (χ1) is 21.3. The van der Waals surface area contributed by atoms with E-state index in [1.54, 1.807) is 0 Å². The minimum Gasteiger partial charge on any atom is -0.454 e. The molecule has 5 nitrogen and oxygen atoms in total. The summed E-state index contributed by atoms with van der Waals surface area (Å²) in [5.74, 6) is 0.888. The van der Waals surface area contributed by atoms with Crippen LogP contribution in [-0.4, -0.2) is 18.5 Å². The molecular weight excluding hydrogens is 528 g/mol. The van der Waals surface area contributed by atoms with Crippen LogP contribution in [0.3, 0.4) is 0 Å². The van der Waals surface area contributed by atoms with Crippen LogP contribution in [0.25, 0.3) is 83.0 Å². The number of para-hydroxylation sites is 6.